The first-order valence-electron chi connectivity index (χ1n) is 9.74. The summed E-state index contributed by atoms with van der Waals surface area (Å²) in [5.74, 6) is 1.18. The molecule has 1 saturated heterocycles. The summed E-state index contributed by atoms with van der Waals surface area (Å²) in [5.41, 5.74) is 4.05. The minimum atomic E-state index is 0.376. The zero-order valence-corrected chi connectivity index (χ0v) is 15.4. The maximum absolute atomic E-state index is 12.5. The molecule has 24 heavy (non-hydrogen) atoms. The summed E-state index contributed by atoms with van der Waals surface area (Å²) in [5, 5.41) is 0. The van der Waals surface area contributed by atoms with Gasteiger partial charge in [0.2, 0.25) is 5.91 Å². The Hall–Kier alpha value is -1.51. The summed E-state index contributed by atoms with van der Waals surface area (Å²) >= 11 is 0. The number of anilines is 1. The van der Waals surface area contributed by atoms with Crippen molar-refractivity contribution in [2.75, 3.05) is 31.1 Å². The van der Waals surface area contributed by atoms with E-state index in [0.717, 1.165) is 44.9 Å². The molecule has 0 aromatic heterocycles. The second-order valence-electron chi connectivity index (χ2n) is 7.63. The van der Waals surface area contributed by atoms with Crippen molar-refractivity contribution in [2.24, 2.45) is 5.92 Å². The number of piperazine rings is 1. The van der Waals surface area contributed by atoms with Crippen molar-refractivity contribution in [1.29, 1.82) is 0 Å². The quantitative estimate of drug-likeness (QED) is 0.822. The summed E-state index contributed by atoms with van der Waals surface area (Å²) in [7, 11) is 0. The van der Waals surface area contributed by atoms with Gasteiger partial charge in [-0.3, -0.25) is 4.79 Å². The summed E-state index contributed by atoms with van der Waals surface area (Å²) in [6.07, 6.45) is 8.68. The van der Waals surface area contributed by atoms with Gasteiger partial charge in [0.15, 0.2) is 0 Å². The minimum Gasteiger partial charge on any atom is -0.368 e. The monoisotopic (exact) mass is 328 g/mol. The number of nitrogens with zero attached hydrogens (tertiary/aromatic N) is 2. The first-order chi connectivity index (χ1) is 11.6. The topological polar surface area (TPSA) is 23.6 Å². The Morgan fingerprint density at radius 1 is 1.04 bits per heavy atom. The number of hydrogen-bond donors (Lipinski definition) is 0. The molecule has 2 aliphatic rings. The fraction of sp³-hybridized carbons (Fsp3) is 0.667. The summed E-state index contributed by atoms with van der Waals surface area (Å²) < 4.78 is 0. The molecular weight excluding hydrogens is 296 g/mol. The molecule has 1 amide bonds. The van der Waals surface area contributed by atoms with Crippen LogP contribution in [0.2, 0.25) is 0 Å². The van der Waals surface area contributed by atoms with Crippen LogP contribution in [-0.4, -0.2) is 37.0 Å². The largest absolute Gasteiger partial charge is 0.368 e. The fourth-order valence-electron chi connectivity index (χ4n) is 4.24. The van der Waals surface area contributed by atoms with Gasteiger partial charge in [-0.2, -0.15) is 0 Å². The van der Waals surface area contributed by atoms with Crippen LogP contribution >= 0.6 is 0 Å². The molecular formula is C21H32N2O. The fourth-order valence-corrected chi connectivity index (χ4v) is 4.24. The van der Waals surface area contributed by atoms with E-state index in [2.05, 4.69) is 41.8 Å². The van der Waals surface area contributed by atoms with Gasteiger partial charge in [0.05, 0.1) is 0 Å². The third kappa shape index (κ3) is 4.12. The predicted octanol–water partition coefficient (Wildman–Crippen LogP) is 4.31. The first-order valence-corrected chi connectivity index (χ1v) is 9.74. The Balaban J connectivity index is 1.47. The van der Waals surface area contributed by atoms with Gasteiger partial charge in [0, 0.05) is 38.3 Å². The van der Waals surface area contributed by atoms with Crippen LogP contribution in [0.3, 0.4) is 0 Å². The smallest absolute Gasteiger partial charge is 0.222 e. The van der Waals surface area contributed by atoms with E-state index in [1.54, 1.807) is 0 Å². The molecule has 0 atom stereocenters. The Morgan fingerprint density at radius 3 is 2.46 bits per heavy atom. The van der Waals surface area contributed by atoms with E-state index in [9.17, 15) is 4.79 Å². The molecule has 0 spiro atoms. The predicted molar refractivity (Wildman–Crippen MR) is 101 cm³/mol. The van der Waals surface area contributed by atoms with Crippen LogP contribution in [-0.2, 0) is 4.79 Å². The van der Waals surface area contributed by atoms with Crippen LogP contribution in [0.25, 0.3) is 0 Å². The van der Waals surface area contributed by atoms with Gasteiger partial charge in [0.1, 0.15) is 0 Å². The molecule has 1 heterocycles. The first kappa shape index (κ1) is 17.3. The molecule has 3 rings (SSSR count). The molecule has 1 saturated carbocycles. The van der Waals surface area contributed by atoms with Crippen molar-refractivity contribution >= 4 is 11.6 Å². The molecule has 0 radical (unpaired) electrons. The van der Waals surface area contributed by atoms with E-state index in [1.165, 1.54) is 48.9 Å². The van der Waals surface area contributed by atoms with E-state index in [1.807, 2.05) is 0 Å². The summed E-state index contributed by atoms with van der Waals surface area (Å²) in [6.45, 7) is 8.03. The Kier molecular flexibility index (Phi) is 5.80. The Morgan fingerprint density at radius 2 is 1.75 bits per heavy atom. The van der Waals surface area contributed by atoms with Crippen molar-refractivity contribution in [2.45, 2.75) is 58.8 Å². The van der Waals surface area contributed by atoms with Crippen LogP contribution in [0.1, 0.15) is 56.1 Å². The molecule has 0 N–H and O–H groups in total. The van der Waals surface area contributed by atoms with Gasteiger partial charge in [0.25, 0.3) is 0 Å². The lowest BCUT2D eigenvalue weighted by molar-refractivity contribution is -0.131. The summed E-state index contributed by atoms with van der Waals surface area (Å²) in [4.78, 5) is 17.0. The normalized spacial score (nSPS) is 19.6. The highest BCUT2D eigenvalue weighted by molar-refractivity contribution is 5.76. The lowest BCUT2D eigenvalue weighted by atomic mass is 9.86. The third-order valence-electron chi connectivity index (χ3n) is 6.04. The van der Waals surface area contributed by atoms with Crippen molar-refractivity contribution in [3.63, 3.8) is 0 Å². The number of benzene rings is 1. The van der Waals surface area contributed by atoms with E-state index >= 15 is 0 Å². The van der Waals surface area contributed by atoms with Crippen molar-refractivity contribution in [3.05, 3.63) is 29.3 Å². The van der Waals surface area contributed by atoms with Gasteiger partial charge in [-0.15, -0.1) is 0 Å². The van der Waals surface area contributed by atoms with Gasteiger partial charge >= 0.3 is 0 Å². The third-order valence-corrected chi connectivity index (χ3v) is 6.04. The lowest BCUT2D eigenvalue weighted by Gasteiger charge is -2.37. The summed E-state index contributed by atoms with van der Waals surface area (Å²) in [6, 6.07) is 6.52. The molecule has 1 aromatic carbocycles. The Labute approximate surface area is 147 Å². The molecule has 1 aromatic rings. The number of carbonyl (C=O) groups is 1. The second kappa shape index (κ2) is 8.04. The number of aryl methyl sites for hydroxylation is 1. The van der Waals surface area contributed by atoms with Gasteiger partial charge in [-0.05, 0) is 43.4 Å². The zero-order chi connectivity index (χ0) is 16.9. The lowest BCUT2D eigenvalue weighted by Crippen LogP contribution is -2.49. The second-order valence-corrected chi connectivity index (χ2v) is 7.63. The maximum Gasteiger partial charge on any atom is 0.222 e. The van der Waals surface area contributed by atoms with Crippen LogP contribution < -0.4 is 4.90 Å². The van der Waals surface area contributed by atoms with Gasteiger partial charge in [-0.1, -0.05) is 44.2 Å². The molecule has 1 aliphatic heterocycles. The standard InChI is InChI=1S/C21H32N2O/c1-17-7-6-10-20(18(17)2)22-13-15-23(16-14-22)21(24)12-11-19-8-4-3-5-9-19/h6-7,10,19H,3-5,8-9,11-16H2,1-2H3. The molecule has 3 heteroatoms. The van der Waals surface area contributed by atoms with Gasteiger partial charge in [-0.25, -0.2) is 0 Å². The number of carbonyl (C=O) groups excluding carboxylic acids is 1. The molecule has 132 valence electrons. The molecule has 0 unspecified atom stereocenters. The van der Waals surface area contributed by atoms with Gasteiger partial charge < -0.3 is 9.80 Å². The van der Waals surface area contributed by atoms with E-state index < -0.39 is 0 Å². The highest BCUT2D eigenvalue weighted by Crippen LogP contribution is 2.28. The highest BCUT2D eigenvalue weighted by atomic mass is 16.2. The average molecular weight is 329 g/mol. The van der Waals surface area contributed by atoms with Crippen LogP contribution in [0.5, 0.6) is 0 Å². The number of rotatable bonds is 4. The number of amides is 1. The molecule has 2 fully saturated rings. The van der Waals surface area contributed by atoms with Crippen molar-refractivity contribution in [1.82, 2.24) is 4.90 Å². The molecule has 1 aliphatic carbocycles. The van der Waals surface area contributed by atoms with Crippen LogP contribution in [0.15, 0.2) is 18.2 Å². The van der Waals surface area contributed by atoms with E-state index in [0.29, 0.717) is 5.91 Å². The maximum atomic E-state index is 12.5. The van der Waals surface area contributed by atoms with Crippen molar-refractivity contribution < 1.29 is 4.79 Å². The SMILES string of the molecule is Cc1cccc(N2CCN(C(=O)CCC3CCCCC3)CC2)c1C. The van der Waals surface area contributed by atoms with Crippen molar-refractivity contribution in [3.8, 4) is 0 Å². The van der Waals surface area contributed by atoms with Crippen LogP contribution in [0, 0.1) is 19.8 Å². The average Bonchev–Trinajstić information content (AvgIpc) is 2.63. The van der Waals surface area contributed by atoms with Crippen LogP contribution in [0.4, 0.5) is 5.69 Å². The number of hydrogen-bond acceptors (Lipinski definition) is 2. The van der Waals surface area contributed by atoms with E-state index in [-0.39, 0.29) is 0 Å². The molecule has 0 bridgehead atoms. The minimum absolute atomic E-state index is 0.376. The van der Waals surface area contributed by atoms with E-state index in [4.69, 9.17) is 0 Å². The zero-order valence-electron chi connectivity index (χ0n) is 15.4. The highest BCUT2D eigenvalue weighted by Gasteiger charge is 2.23. The molecule has 3 nitrogen and oxygen atoms in total. The Bertz CT molecular complexity index is 555.